The molecule has 0 unspecified atom stereocenters. The van der Waals surface area contributed by atoms with E-state index < -0.39 is 5.82 Å². The summed E-state index contributed by atoms with van der Waals surface area (Å²) in [5.74, 6) is 0.00633. The number of hydrogen-bond donors (Lipinski definition) is 1. The number of nitrogens with zero attached hydrogens (tertiary/aromatic N) is 3. The SMILES string of the molecule is OCc1ncnn1Cc1ccc(F)c(Cl)c1. The minimum absolute atomic E-state index is 0.0724. The molecule has 1 N–H and O–H groups in total. The van der Waals surface area contributed by atoms with Crippen LogP contribution in [0.1, 0.15) is 11.4 Å². The highest BCUT2D eigenvalue weighted by molar-refractivity contribution is 6.30. The van der Waals surface area contributed by atoms with Crippen LogP contribution in [-0.4, -0.2) is 19.9 Å². The second-order valence-electron chi connectivity index (χ2n) is 3.24. The number of aliphatic hydroxyl groups excluding tert-OH is 1. The summed E-state index contributed by atoms with van der Waals surface area (Å²) >= 11 is 5.66. The lowest BCUT2D eigenvalue weighted by Crippen LogP contribution is -2.07. The average Bonchev–Trinajstić information content (AvgIpc) is 2.71. The minimum atomic E-state index is -0.452. The summed E-state index contributed by atoms with van der Waals surface area (Å²) in [6.45, 7) is 0.213. The fraction of sp³-hybridized carbons (Fsp3) is 0.200. The zero-order chi connectivity index (χ0) is 11.5. The molecular formula is C10H9ClFN3O. The van der Waals surface area contributed by atoms with E-state index in [1.54, 1.807) is 6.07 Å². The lowest BCUT2D eigenvalue weighted by molar-refractivity contribution is 0.264. The third kappa shape index (κ3) is 2.20. The molecule has 1 heterocycles. The van der Waals surface area contributed by atoms with Gasteiger partial charge in [0.1, 0.15) is 18.8 Å². The van der Waals surface area contributed by atoms with Crippen LogP contribution in [0, 0.1) is 5.82 Å². The molecule has 1 aromatic heterocycles. The lowest BCUT2D eigenvalue weighted by atomic mass is 10.2. The Morgan fingerprint density at radius 2 is 2.25 bits per heavy atom. The van der Waals surface area contributed by atoms with Crippen LogP contribution in [0.15, 0.2) is 24.5 Å². The van der Waals surface area contributed by atoms with Gasteiger partial charge in [-0.05, 0) is 17.7 Å². The van der Waals surface area contributed by atoms with Crippen molar-refractivity contribution in [1.29, 1.82) is 0 Å². The molecule has 0 radical (unpaired) electrons. The van der Waals surface area contributed by atoms with Crippen LogP contribution >= 0.6 is 11.6 Å². The molecule has 6 heteroatoms. The molecule has 4 nitrogen and oxygen atoms in total. The largest absolute Gasteiger partial charge is 0.388 e. The van der Waals surface area contributed by atoms with Crippen molar-refractivity contribution >= 4 is 11.6 Å². The van der Waals surface area contributed by atoms with Gasteiger partial charge in [0.25, 0.3) is 0 Å². The smallest absolute Gasteiger partial charge is 0.152 e. The predicted octanol–water partition coefficient (Wildman–Crippen LogP) is 1.61. The Morgan fingerprint density at radius 3 is 2.94 bits per heavy atom. The highest BCUT2D eigenvalue weighted by Gasteiger charge is 2.05. The summed E-state index contributed by atoms with van der Waals surface area (Å²) < 4.78 is 14.4. The van der Waals surface area contributed by atoms with Gasteiger partial charge in [0.15, 0.2) is 5.82 Å². The van der Waals surface area contributed by atoms with Gasteiger partial charge < -0.3 is 5.11 Å². The zero-order valence-electron chi connectivity index (χ0n) is 8.27. The van der Waals surface area contributed by atoms with E-state index in [-0.39, 0.29) is 11.6 Å². The normalized spacial score (nSPS) is 10.7. The Kier molecular flexibility index (Phi) is 3.17. The summed E-state index contributed by atoms with van der Waals surface area (Å²) in [5, 5.41) is 13.0. The highest BCUT2D eigenvalue weighted by atomic mass is 35.5. The molecule has 0 atom stereocenters. The molecule has 0 saturated heterocycles. The molecule has 0 amide bonds. The van der Waals surface area contributed by atoms with E-state index in [1.807, 2.05) is 0 Å². The van der Waals surface area contributed by atoms with Crippen molar-refractivity contribution in [3.63, 3.8) is 0 Å². The second-order valence-corrected chi connectivity index (χ2v) is 3.65. The van der Waals surface area contributed by atoms with Crippen LogP contribution < -0.4 is 0 Å². The van der Waals surface area contributed by atoms with E-state index in [2.05, 4.69) is 10.1 Å². The molecule has 0 fully saturated rings. The second kappa shape index (κ2) is 4.59. The summed E-state index contributed by atoms with van der Waals surface area (Å²) in [5.41, 5.74) is 0.798. The number of aliphatic hydroxyl groups is 1. The van der Waals surface area contributed by atoms with E-state index in [1.165, 1.54) is 23.1 Å². The monoisotopic (exact) mass is 241 g/mol. The van der Waals surface area contributed by atoms with Gasteiger partial charge in [0.05, 0.1) is 11.6 Å². The number of benzene rings is 1. The lowest BCUT2D eigenvalue weighted by Gasteiger charge is -2.05. The first-order chi connectivity index (χ1) is 7.70. The zero-order valence-corrected chi connectivity index (χ0v) is 9.02. The average molecular weight is 242 g/mol. The molecule has 0 bridgehead atoms. The van der Waals surface area contributed by atoms with Crippen LogP contribution in [-0.2, 0) is 13.2 Å². The Balaban J connectivity index is 2.24. The number of hydrogen-bond acceptors (Lipinski definition) is 3. The van der Waals surface area contributed by atoms with Gasteiger partial charge >= 0.3 is 0 Å². The standard InChI is InChI=1S/C10H9ClFN3O/c11-8-3-7(1-2-9(8)12)4-15-10(5-16)13-6-14-15/h1-3,6,16H,4-5H2. The molecule has 0 aliphatic carbocycles. The van der Waals surface area contributed by atoms with E-state index in [0.717, 1.165) is 5.56 Å². The van der Waals surface area contributed by atoms with Crippen molar-refractivity contribution < 1.29 is 9.50 Å². The third-order valence-electron chi connectivity index (χ3n) is 2.15. The van der Waals surface area contributed by atoms with Crippen LogP contribution in [0.4, 0.5) is 4.39 Å². The van der Waals surface area contributed by atoms with Crippen LogP contribution in [0.3, 0.4) is 0 Å². The van der Waals surface area contributed by atoms with Crippen LogP contribution in [0.5, 0.6) is 0 Å². The molecule has 2 aromatic rings. The number of halogens is 2. The van der Waals surface area contributed by atoms with Crippen molar-refractivity contribution in [2.75, 3.05) is 0 Å². The molecule has 16 heavy (non-hydrogen) atoms. The minimum Gasteiger partial charge on any atom is -0.388 e. The first kappa shape index (κ1) is 11.0. The Morgan fingerprint density at radius 1 is 1.44 bits per heavy atom. The molecule has 0 aliphatic heterocycles. The third-order valence-corrected chi connectivity index (χ3v) is 2.44. The maximum absolute atomic E-state index is 12.9. The van der Waals surface area contributed by atoms with Gasteiger partial charge in [-0.25, -0.2) is 14.1 Å². The van der Waals surface area contributed by atoms with Crippen LogP contribution in [0.25, 0.3) is 0 Å². The van der Waals surface area contributed by atoms with Crippen molar-refractivity contribution in [2.24, 2.45) is 0 Å². The first-order valence-corrected chi connectivity index (χ1v) is 5.00. The van der Waals surface area contributed by atoms with E-state index >= 15 is 0 Å². The Bertz CT molecular complexity index is 501. The van der Waals surface area contributed by atoms with Gasteiger partial charge in [0.2, 0.25) is 0 Å². The summed E-state index contributed by atoms with van der Waals surface area (Å²) in [7, 11) is 0. The van der Waals surface area contributed by atoms with Gasteiger partial charge in [-0.1, -0.05) is 17.7 Å². The molecular weight excluding hydrogens is 233 g/mol. The fourth-order valence-electron chi connectivity index (χ4n) is 1.35. The van der Waals surface area contributed by atoms with E-state index in [0.29, 0.717) is 12.4 Å². The molecule has 84 valence electrons. The van der Waals surface area contributed by atoms with Gasteiger partial charge in [-0.15, -0.1) is 0 Å². The molecule has 1 aromatic carbocycles. The molecule has 0 aliphatic rings. The van der Waals surface area contributed by atoms with Gasteiger partial charge in [-0.2, -0.15) is 5.10 Å². The van der Waals surface area contributed by atoms with Crippen molar-refractivity contribution in [2.45, 2.75) is 13.2 Å². The first-order valence-electron chi connectivity index (χ1n) is 4.62. The Hall–Kier alpha value is -1.46. The summed E-state index contributed by atoms with van der Waals surface area (Å²) in [6.07, 6.45) is 1.36. The summed E-state index contributed by atoms with van der Waals surface area (Å²) in [6, 6.07) is 4.44. The fourth-order valence-corrected chi connectivity index (χ4v) is 1.56. The summed E-state index contributed by atoms with van der Waals surface area (Å²) in [4.78, 5) is 3.87. The maximum Gasteiger partial charge on any atom is 0.152 e. The van der Waals surface area contributed by atoms with Crippen molar-refractivity contribution in [3.8, 4) is 0 Å². The van der Waals surface area contributed by atoms with Crippen molar-refractivity contribution in [3.05, 3.63) is 46.8 Å². The quantitative estimate of drug-likeness (QED) is 0.888. The predicted molar refractivity (Wildman–Crippen MR) is 56.5 cm³/mol. The molecule has 2 rings (SSSR count). The van der Waals surface area contributed by atoms with Gasteiger partial charge in [0, 0.05) is 0 Å². The molecule has 0 spiro atoms. The number of aromatic nitrogens is 3. The number of rotatable bonds is 3. The maximum atomic E-state index is 12.9. The topological polar surface area (TPSA) is 50.9 Å². The Labute approximate surface area is 96.3 Å². The van der Waals surface area contributed by atoms with Gasteiger partial charge in [-0.3, -0.25) is 0 Å². The van der Waals surface area contributed by atoms with E-state index in [4.69, 9.17) is 16.7 Å². The highest BCUT2D eigenvalue weighted by Crippen LogP contribution is 2.16. The van der Waals surface area contributed by atoms with Crippen molar-refractivity contribution in [1.82, 2.24) is 14.8 Å². The molecule has 0 saturated carbocycles. The van der Waals surface area contributed by atoms with E-state index in [9.17, 15) is 4.39 Å². The van der Waals surface area contributed by atoms with Crippen LogP contribution in [0.2, 0.25) is 5.02 Å².